The normalized spacial score (nSPS) is 15.5. The van der Waals surface area contributed by atoms with Crippen LogP contribution in [-0.4, -0.2) is 36.5 Å². The lowest BCUT2D eigenvalue weighted by Gasteiger charge is -2.21. The Balaban J connectivity index is 0.000000433. The third-order valence-corrected chi connectivity index (χ3v) is 6.15. The second-order valence-electron chi connectivity index (χ2n) is 8.87. The van der Waals surface area contributed by atoms with Gasteiger partial charge in [0.2, 0.25) is 0 Å². The number of amides is 1. The fraction of sp³-hybridized carbons (Fsp3) is 0.333. The summed E-state index contributed by atoms with van der Waals surface area (Å²) in [6.45, 7) is 7.17. The van der Waals surface area contributed by atoms with Crippen LogP contribution in [0.2, 0.25) is 0 Å². The number of methoxy groups -OCH3 is 1. The third kappa shape index (κ3) is 4.47. The van der Waals surface area contributed by atoms with Gasteiger partial charge >= 0.3 is 0 Å². The van der Waals surface area contributed by atoms with Crippen molar-refractivity contribution in [2.45, 2.75) is 39.2 Å². The maximum absolute atomic E-state index is 13.1. The number of hydrogen-bond acceptors (Lipinski definition) is 4. The molecule has 1 aliphatic heterocycles. The van der Waals surface area contributed by atoms with Crippen molar-refractivity contribution in [3.63, 3.8) is 0 Å². The van der Waals surface area contributed by atoms with Crippen molar-refractivity contribution >= 4 is 16.8 Å². The molecule has 0 bridgehead atoms. The number of ether oxygens (including phenoxy) is 1. The van der Waals surface area contributed by atoms with Crippen LogP contribution in [0, 0.1) is 20.8 Å². The highest BCUT2D eigenvalue weighted by Gasteiger charge is 2.47. The minimum atomic E-state index is -0.312. The second kappa shape index (κ2) is 8.65. The molecule has 1 aliphatic carbocycles. The number of likely N-dealkylation sites (N-methyl/N-ethyl adjacent to an activating group) is 1. The molecule has 1 aromatic heterocycles. The molecule has 0 saturated heterocycles. The van der Waals surface area contributed by atoms with Gasteiger partial charge in [0.25, 0.3) is 5.91 Å². The van der Waals surface area contributed by atoms with E-state index in [4.69, 9.17) is 4.74 Å². The number of aryl methyl sites for hydroxylation is 3. The molecule has 0 radical (unpaired) electrons. The van der Waals surface area contributed by atoms with Crippen molar-refractivity contribution in [1.29, 1.82) is 0 Å². The Labute approximate surface area is 190 Å². The Hall–Kier alpha value is -3.34. The van der Waals surface area contributed by atoms with Gasteiger partial charge < -0.3 is 15.0 Å². The summed E-state index contributed by atoms with van der Waals surface area (Å²) in [6.07, 6.45) is 6.06. The van der Waals surface area contributed by atoms with Crippen molar-refractivity contribution in [3.05, 3.63) is 82.7 Å². The summed E-state index contributed by atoms with van der Waals surface area (Å²) in [5.74, 6) is 0.634. The molecule has 0 spiro atoms. The Morgan fingerprint density at radius 3 is 2.41 bits per heavy atom. The predicted molar refractivity (Wildman–Crippen MR) is 129 cm³/mol. The fourth-order valence-electron chi connectivity index (χ4n) is 4.03. The predicted octanol–water partition coefficient (Wildman–Crippen LogP) is 5.03. The Morgan fingerprint density at radius 2 is 1.81 bits per heavy atom. The zero-order chi connectivity index (χ0) is 22.9. The number of pyridine rings is 1. The highest BCUT2D eigenvalue weighted by Crippen LogP contribution is 2.48. The number of rotatable bonds is 4. The van der Waals surface area contributed by atoms with Gasteiger partial charge in [-0.2, -0.15) is 0 Å². The molecule has 1 saturated carbocycles. The topological polar surface area (TPSA) is 54.5 Å². The van der Waals surface area contributed by atoms with E-state index in [-0.39, 0.29) is 11.4 Å². The first-order valence-electron chi connectivity index (χ1n) is 11.0. The van der Waals surface area contributed by atoms with Crippen molar-refractivity contribution < 1.29 is 9.53 Å². The van der Waals surface area contributed by atoms with Crippen LogP contribution in [-0.2, 0) is 5.54 Å². The van der Waals surface area contributed by atoms with Gasteiger partial charge in [0.1, 0.15) is 5.75 Å². The van der Waals surface area contributed by atoms with E-state index in [1.165, 1.54) is 5.56 Å². The monoisotopic (exact) mass is 429 g/mol. The molecular weight excluding hydrogens is 398 g/mol. The van der Waals surface area contributed by atoms with Crippen LogP contribution in [0.15, 0.2) is 54.7 Å². The number of carbonyl (C=O) groups is 1. The molecule has 5 rings (SSSR count). The van der Waals surface area contributed by atoms with Crippen molar-refractivity contribution in [2.24, 2.45) is 0 Å². The van der Waals surface area contributed by atoms with Gasteiger partial charge in [-0.1, -0.05) is 18.2 Å². The average molecular weight is 430 g/mol. The Morgan fingerprint density at radius 1 is 1.09 bits per heavy atom. The SMILES string of the molecule is CN1C=CC1.COc1ccc(C)c(C(=O)NC2(c3cc(C)cc4nc(C)ccc34)CC2)c1. The zero-order valence-corrected chi connectivity index (χ0v) is 19.5. The second-order valence-corrected chi connectivity index (χ2v) is 8.87. The number of hydrogen-bond donors (Lipinski definition) is 1. The molecule has 1 fully saturated rings. The summed E-state index contributed by atoms with van der Waals surface area (Å²) >= 11 is 0. The van der Waals surface area contributed by atoms with Gasteiger partial charge in [0, 0.05) is 30.2 Å². The van der Waals surface area contributed by atoms with Crippen molar-refractivity contribution in [1.82, 2.24) is 15.2 Å². The number of benzene rings is 2. The summed E-state index contributed by atoms with van der Waals surface area (Å²) in [5.41, 5.74) is 5.60. The van der Waals surface area contributed by atoms with Crippen LogP contribution < -0.4 is 10.1 Å². The van der Waals surface area contributed by atoms with E-state index in [1.54, 1.807) is 13.2 Å². The van der Waals surface area contributed by atoms with E-state index in [0.717, 1.165) is 47.1 Å². The van der Waals surface area contributed by atoms with Crippen LogP contribution in [0.5, 0.6) is 5.75 Å². The van der Waals surface area contributed by atoms with Crippen LogP contribution in [0.4, 0.5) is 0 Å². The van der Waals surface area contributed by atoms with E-state index in [9.17, 15) is 4.79 Å². The molecule has 1 amide bonds. The van der Waals surface area contributed by atoms with Gasteiger partial charge in [-0.25, -0.2) is 0 Å². The Bertz CT molecular complexity index is 1190. The van der Waals surface area contributed by atoms with Gasteiger partial charge in [-0.3, -0.25) is 9.78 Å². The minimum Gasteiger partial charge on any atom is -0.497 e. The van der Waals surface area contributed by atoms with Crippen LogP contribution >= 0.6 is 0 Å². The molecule has 5 nitrogen and oxygen atoms in total. The summed E-state index contributed by atoms with van der Waals surface area (Å²) in [7, 11) is 3.67. The molecule has 2 aliphatic rings. The van der Waals surface area contributed by atoms with Crippen molar-refractivity contribution in [2.75, 3.05) is 20.7 Å². The molecule has 3 aromatic rings. The van der Waals surface area contributed by atoms with Crippen molar-refractivity contribution in [3.8, 4) is 5.75 Å². The van der Waals surface area contributed by atoms with E-state index < -0.39 is 0 Å². The van der Waals surface area contributed by atoms with Gasteiger partial charge in [-0.05, 0) is 86.8 Å². The molecule has 32 heavy (non-hydrogen) atoms. The molecule has 2 heterocycles. The van der Waals surface area contributed by atoms with Crippen LogP contribution in [0.1, 0.15) is 45.6 Å². The van der Waals surface area contributed by atoms with E-state index in [2.05, 4.69) is 59.6 Å². The number of fused-ring (bicyclic) bond motifs is 1. The standard InChI is InChI=1S/C23H24N2O2.C4H7N/c1-14-11-20(18-8-6-16(3)24-21(18)12-14)23(9-10-23)25-22(26)19-13-17(27-4)7-5-15(19)2;1-5-3-2-4-5/h5-8,11-13H,9-10H2,1-4H3,(H,25,26);2-3H,4H2,1H3. The molecule has 2 aromatic carbocycles. The first-order valence-corrected chi connectivity index (χ1v) is 11.0. The average Bonchev–Trinajstić information content (AvgIpc) is 3.52. The summed E-state index contributed by atoms with van der Waals surface area (Å²) < 4.78 is 5.29. The maximum Gasteiger partial charge on any atom is 0.252 e. The molecular formula is C27H31N3O2. The lowest BCUT2D eigenvalue weighted by molar-refractivity contribution is 0.0930. The molecule has 5 heteroatoms. The number of nitrogens with zero attached hydrogens (tertiary/aromatic N) is 2. The third-order valence-electron chi connectivity index (χ3n) is 6.15. The fourth-order valence-corrected chi connectivity index (χ4v) is 4.03. The lowest BCUT2D eigenvalue weighted by Crippen LogP contribution is -2.35. The summed E-state index contributed by atoms with van der Waals surface area (Å²) in [4.78, 5) is 19.9. The van der Waals surface area contributed by atoms with Crippen LogP contribution in [0.3, 0.4) is 0 Å². The smallest absolute Gasteiger partial charge is 0.252 e. The molecule has 1 N–H and O–H groups in total. The first kappa shape index (κ1) is 21.9. The van der Waals surface area contributed by atoms with E-state index in [0.29, 0.717) is 11.3 Å². The largest absolute Gasteiger partial charge is 0.497 e. The first-order chi connectivity index (χ1) is 15.3. The lowest BCUT2D eigenvalue weighted by atomic mass is 9.96. The molecule has 0 unspecified atom stereocenters. The van der Waals surface area contributed by atoms with Gasteiger partial charge in [0.05, 0.1) is 18.2 Å². The highest BCUT2D eigenvalue weighted by atomic mass is 16.5. The summed E-state index contributed by atoms with van der Waals surface area (Å²) in [5, 5.41) is 4.42. The maximum atomic E-state index is 13.1. The van der Waals surface area contributed by atoms with Gasteiger partial charge in [-0.15, -0.1) is 0 Å². The quantitative estimate of drug-likeness (QED) is 0.632. The zero-order valence-electron chi connectivity index (χ0n) is 19.5. The van der Waals surface area contributed by atoms with E-state index >= 15 is 0 Å². The number of carbonyl (C=O) groups excluding carboxylic acids is 1. The minimum absolute atomic E-state index is 0.0568. The van der Waals surface area contributed by atoms with Crippen LogP contribution in [0.25, 0.3) is 10.9 Å². The molecule has 0 atom stereocenters. The highest BCUT2D eigenvalue weighted by molar-refractivity contribution is 5.97. The van der Waals surface area contributed by atoms with E-state index in [1.807, 2.05) is 32.0 Å². The number of nitrogens with one attached hydrogen (secondary N) is 1. The number of aromatic nitrogens is 1. The van der Waals surface area contributed by atoms with Gasteiger partial charge in [0.15, 0.2) is 0 Å². The molecule has 166 valence electrons. The Kier molecular flexibility index (Phi) is 5.92. The summed E-state index contributed by atoms with van der Waals surface area (Å²) in [6, 6.07) is 14.0.